The van der Waals surface area contributed by atoms with Crippen LogP contribution in [-0.2, 0) is 4.79 Å². The predicted molar refractivity (Wildman–Crippen MR) is 58.1 cm³/mol. The number of carbonyl (C=O) groups is 1. The Morgan fingerprint density at radius 2 is 2.00 bits per heavy atom. The third kappa shape index (κ3) is 3.66. The van der Waals surface area contributed by atoms with E-state index in [1.165, 1.54) is 0 Å². The van der Waals surface area contributed by atoms with Gasteiger partial charge < -0.3 is 10.6 Å². The van der Waals surface area contributed by atoms with E-state index in [1.54, 1.807) is 0 Å². The lowest BCUT2D eigenvalue weighted by Gasteiger charge is -2.23. The molecule has 0 radical (unpaired) electrons. The summed E-state index contributed by atoms with van der Waals surface area (Å²) in [5.41, 5.74) is -0.264. The van der Waals surface area contributed by atoms with Crippen molar-refractivity contribution in [2.24, 2.45) is 5.41 Å². The van der Waals surface area contributed by atoms with Crippen LogP contribution in [0.2, 0.25) is 0 Å². The summed E-state index contributed by atoms with van der Waals surface area (Å²) in [4.78, 5) is 11.7. The fourth-order valence-corrected chi connectivity index (χ4v) is 1.57. The molecule has 1 fully saturated rings. The Kier molecular flexibility index (Phi) is 3.93. The van der Waals surface area contributed by atoms with Gasteiger partial charge in [-0.15, -0.1) is 0 Å². The molecular weight excluding hydrogens is 176 g/mol. The first-order valence-corrected chi connectivity index (χ1v) is 5.52. The number of nitrogens with one attached hydrogen (secondary N) is 2. The van der Waals surface area contributed by atoms with Gasteiger partial charge >= 0.3 is 0 Å². The number of hydrogen-bond donors (Lipinski definition) is 2. The van der Waals surface area contributed by atoms with E-state index in [2.05, 4.69) is 10.6 Å². The van der Waals surface area contributed by atoms with Crippen molar-refractivity contribution in [3.05, 3.63) is 0 Å². The van der Waals surface area contributed by atoms with E-state index >= 15 is 0 Å². The number of rotatable bonds is 1. The first kappa shape index (κ1) is 11.5. The van der Waals surface area contributed by atoms with Crippen LogP contribution in [0.25, 0.3) is 0 Å². The molecule has 1 aliphatic rings. The smallest absolute Gasteiger partial charge is 0.225 e. The van der Waals surface area contributed by atoms with Crippen LogP contribution < -0.4 is 10.6 Å². The summed E-state index contributed by atoms with van der Waals surface area (Å²) in [5.74, 6) is 0.171. The molecule has 0 aromatic rings. The topological polar surface area (TPSA) is 41.1 Å². The van der Waals surface area contributed by atoms with Gasteiger partial charge in [-0.2, -0.15) is 0 Å². The highest BCUT2D eigenvalue weighted by Crippen LogP contribution is 2.14. The summed E-state index contributed by atoms with van der Waals surface area (Å²) >= 11 is 0. The van der Waals surface area contributed by atoms with E-state index in [1.807, 2.05) is 20.8 Å². The molecule has 1 unspecified atom stereocenters. The van der Waals surface area contributed by atoms with Crippen molar-refractivity contribution in [2.45, 2.75) is 46.1 Å². The second-order valence-corrected chi connectivity index (χ2v) is 5.10. The van der Waals surface area contributed by atoms with Crippen LogP contribution in [0.5, 0.6) is 0 Å². The van der Waals surface area contributed by atoms with Crippen molar-refractivity contribution < 1.29 is 4.79 Å². The van der Waals surface area contributed by atoms with Gasteiger partial charge in [0.15, 0.2) is 0 Å². The molecule has 1 saturated heterocycles. The first-order chi connectivity index (χ1) is 6.50. The average molecular weight is 198 g/mol. The molecule has 2 N–H and O–H groups in total. The van der Waals surface area contributed by atoms with Crippen LogP contribution in [0.15, 0.2) is 0 Å². The van der Waals surface area contributed by atoms with E-state index in [-0.39, 0.29) is 11.3 Å². The monoisotopic (exact) mass is 198 g/mol. The number of hydrogen-bond acceptors (Lipinski definition) is 2. The standard InChI is InChI=1S/C11H22N2O/c1-11(2,3)10(14)13-9-5-4-7-12-8-6-9/h9,12H,4-8H2,1-3H3,(H,13,14). The summed E-state index contributed by atoms with van der Waals surface area (Å²) in [6, 6.07) is 0.372. The van der Waals surface area contributed by atoms with Crippen LogP contribution >= 0.6 is 0 Å². The molecule has 0 bridgehead atoms. The van der Waals surface area contributed by atoms with Crippen molar-refractivity contribution in [2.75, 3.05) is 13.1 Å². The molecule has 0 aromatic heterocycles. The zero-order chi connectivity index (χ0) is 10.6. The maximum atomic E-state index is 11.7. The molecule has 0 aliphatic carbocycles. The van der Waals surface area contributed by atoms with Gasteiger partial charge in [0.25, 0.3) is 0 Å². The van der Waals surface area contributed by atoms with E-state index in [0.717, 1.165) is 32.4 Å². The minimum Gasteiger partial charge on any atom is -0.353 e. The van der Waals surface area contributed by atoms with Gasteiger partial charge in [-0.3, -0.25) is 4.79 Å². The van der Waals surface area contributed by atoms with Gasteiger partial charge in [0.2, 0.25) is 5.91 Å². The van der Waals surface area contributed by atoms with Crippen molar-refractivity contribution in [3.63, 3.8) is 0 Å². The Morgan fingerprint density at radius 1 is 1.29 bits per heavy atom. The lowest BCUT2D eigenvalue weighted by atomic mass is 9.94. The largest absolute Gasteiger partial charge is 0.353 e. The molecule has 0 saturated carbocycles. The van der Waals surface area contributed by atoms with Crippen molar-refractivity contribution >= 4 is 5.91 Å². The average Bonchev–Trinajstić information content (AvgIpc) is 2.31. The zero-order valence-electron chi connectivity index (χ0n) is 9.52. The van der Waals surface area contributed by atoms with Gasteiger partial charge in [-0.05, 0) is 32.4 Å². The SMILES string of the molecule is CC(C)(C)C(=O)NC1CCCNCC1. The van der Waals surface area contributed by atoms with E-state index in [4.69, 9.17) is 0 Å². The molecule has 1 rings (SSSR count). The molecule has 0 aromatic carbocycles. The Bertz CT molecular complexity index is 188. The molecule has 3 nitrogen and oxygen atoms in total. The van der Waals surface area contributed by atoms with E-state index < -0.39 is 0 Å². The van der Waals surface area contributed by atoms with Gasteiger partial charge in [0, 0.05) is 11.5 Å². The predicted octanol–water partition coefficient (Wildman–Crippen LogP) is 1.29. The molecule has 1 aliphatic heterocycles. The highest BCUT2D eigenvalue weighted by Gasteiger charge is 2.24. The minimum absolute atomic E-state index is 0.171. The highest BCUT2D eigenvalue weighted by molar-refractivity contribution is 5.81. The fraction of sp³-hybridized carbons (Fsp3) is 0.909. The molecule has 0 spiro atoms. The van der Waals surface area contributed by atoms with Gasteiger partial charge in [-0.25, -0.2) is 0 Å². The van der Waals surface area contributed by atoms with E-state index in [9.17, 15) is 4.79 Å². The van der Waals surface area contributed by atoms with Crippen LogP contribution in [0.4, 0.5) is 0 Å². The van der Waals surface area contributed by atoms with Crippen molar-refractivity contribution in [1.82, 2.24) is 10.6 Å². The Morgan fingerprint density at radius 3 is 2.64 bits per heavy atom. The molecule has 1 atom stereocenters. The molecular formula is C11H22N2O. The Hall–Kier alpha value is -0.570. The maximum Gasteiger partial charge on any atom is 0.225 e. The maximum absolute atomic E-state index is 11.7. The van der Waals surface area contributed by atoms with Gasteiger partial charge in [0.1, 0.15) is 0 Å². The summed E-state index contributed by atoms with van der Waals surface area (Å²) < 4.78 is 0. The number of carbonyl (C=O) groups excluding carboxylic acids is 1. The molecule has 14 heavy (non-hydrogen) atoms. The third-order valence-corrected chi connectivity index (χ3v) is 2.59. The van der Waals surface area contributed by atoms with Gasteiger partial charge in [-0.1, -0.05) is 20.8 Å². The second kappa shape index (κ2) is 4.78. The van der Waals surface area contributed by atoms with Gasteiger partial charge in [0.05, 0.1) is 0 Å². The quantitative estimate of drug-likeness (QED) is 0.666. The highest BCUT2D eigenvalue weighted by atomic mass is 16.2. The van der Waals surface area contributed by atoms with E-state index in [0.29, 0.717) is 6.04 Å². The number of amides is 1. The van der Waals surface area contributed by atoms with Crippen LogP contribution in [-0.4, -0.2) is 25.0 Å². The summed E-state index contributed by atoms with van der Waals surface area (Å²) in [6.45, 7) is 7.98. The minimum atomic E-state index is -0.264. The summed E-state index contributed by atoms with van der Waals surface area (Å²) in [6.07, 6.45) is 3.33. The zero-order valence-corrected chi connectivity index (χ0v) is 9.52. The third-order valence-electron chi connectivity index (χ3n) is 2.59. The summed E-state index contributed by atoms with van der Waals surface area (Å²) in [7, 11) is 0. The van der Waals surface area contributed by atoms with Crippen molar-refractivity contribution in [3.8, 4) is 0 Å². The lowest BCUT2D eigenvalue weighted by molar-refractivity contribution is -0.129. The van der Waals surface area contributed by atoms with Crippen LogP contribution in [0.1, 0.15) is 40.0 Å². The first-order valence-electron chi connectivity index (χ1n) is 5.52. The molecule has 1 heterocycles. The summed E-state index contributed by atoms with van der Waals surface area (Å²) in [5, 5.41) is 6.46. The van der Waals surface area contributed by atoms with Crippen LogP contribution in [0, 0.1) is 5.41 Å². The lowest BCUT2D eigenvalue weighted by Crippen LogP contribution is -2.42. The van der Waals surface area contributed by atoms with Crippen molar-refractivity contribution in [1.29, 1.82) is 0 Å². The Labute approximate surface area is 86.6 Å². The Balaban J connectivity index is 2.38. The normalized spacial score (nSPS) is 24.1. The fourth-order valence-electron chi connectivity index (χ4n) is 1.57. The molecule has 82 valence electrons. The molecule has 3 heteroatoms. The molecule has 1 amide bonds. The van der Waals surface area contributed by atoms with Crippen LogP contribution in [0.3, 0.4) is 0 Å². The second-order valence-electron chi connectivity index (χ2n) is 5.10.